The van der Waals surface area contributed by atoms with E-state index in [9.17, 15) is 0 Å². The van der Waals surface area contributed by atoms with E-state index in [1.165, 1.54) is 12.0 Å². The lowest BCUT2D eigenvalue weighted by Crippen LogP contribution is -2.40. The third-order valence-electron chi connectivity index (χ3n) is 3.30. The molecule has 0 aromatic heterocycles. The molecule has 1 saturated heterocycles. The molecule has 1 aromatic rings. The van der Waals surface area contributed by atoms with E-state index < -0.39 is 0 Å². The highest BCUT2D eigenvalue weighted by molar-refractivity contribution is 5.68. The summed E-state index contributed by atoms with van der Waals surface area (Å²) in [6.45, 7) is 6.96. The van der Waals surface area contributed by atoms with Gasteiger partial charge in [0.1, 0.15) is 0 Å². The predicted octanol–water partition coefficient (Wildman–Crippen LogP) is 2.58. The number of aryl methyl sites for hydroxylation is 1. The molecule has 1 heterocycles. The molecule has 0 spiro atoms. The van der Waals surface area contributed by atoms with Crippen molar-refractivity contribution in [2.75, 3.05) is 30.3 Å². The van der Waals surface area contributed by atoms with Crippen LogP contribution in [0.5, 0.6) is 0 Å². The van der Waals surface area contributed by atoms with Crippen LogP contribution in [0.3, 0.4) is 0 Å². The van der Waals surface area contributed by atoms with Gasteiger partial charge < -0.3 is 15.4 Å². The van der Waals surface area contributed by atoms with Crippen LogP contribution in [0.25, 0.3) is 0 Å². The zero-order valence-corrected chi connectivity index (χ0v) is 10.8. The van der Waals surface area contributed by atoms with Crippen LogP contribution in [0.1, 0.15) is 25.3 Å². The third-order valence-corrected chi connectivity index (χ3v) is 3.30. The molecule has 1 atom stereocenters. The summed E-state index contributed by atoms with van der Waals surface area (Å²) in [4.78, 5) is 2.35. The molecule has 1 aliphatic rings. The highest BCUT2D eigenvalue weighted by Gasteiger charge is 2.21. The van der Waals surface area contributed by atoms with Crippen LogP contribution in [0.4, 0.5) is 11.4 Å². The molecule has 1 fully saturated rings. The highest BCUT2D eigenvalue weighted by atomic mass is 16.5. The smallest absolute Gasteiger partial charge is 0.0750 e. The number of hydrogen-bond donors (Lipinski definition) is 1. The summed E-state index contributed by atoms with van der Waals surface area (Å²) >= 11 is 0. The van der Waals surface area contributed by atoms with Crippen LogP contribution in [0.2, 0.25) is 0 Å². The fourth-order valence-corrected chi connectivity index (χ4v) is 2.49. The summed E-state index contributed by atoms with van der Waals surface area (Å²) in [7, 11) is 0. The van der Waals surface area contributed by atoms with Gasteiger partial charge in [-0.15, -0.1) is 0 Å². The molecule has 0 radical (unpaired) electrons. The molecule has 1 unspecified atom stereocenters. The van der Waals surface area contributed by atoms with Crippen LogP contribution in [0.15, 0.2) is 18.2 Å². The molecular weight excluding hydrogens is 212 g/mol. The van der Waals surface area contributed by atoms with E-state index in [-0.39, 0.29) is 0 Å². The Morgan fingerprint density at radius 3 is 3.00 bits per heavy atom. The van der Waals surface area contributed by atoms with E-state index in [4.69, 9.17) is 10.5 Å². The first-order chi connectivity index (χ1) is 8.20. The van der Waals surface area contributed by atoms with Crippen molar-refractivity contribution in [1.82, 2.24) is 0 Å². The zero-order chi connectivity index (χ0) is 12.3. The Morgan fingerprint density at radius 2 is 2.29 bits per heavy atom. The van der Waals surface area contributed by atoms with Gasteiger partial charge in [-0.3, -0.25) is 0 Å². The molecule has 3 heteroatoms. The second kappa shape index (κ2) is 5.41. The number of ether oxygens (including phenoxy) is 1. The standard InChI is InChI=1S/C14H22N2O/c1-3-17-12-5-4-8-16(10-12)14-7-6-11(2)9-13(14)15/h6-7,9,12H,3-5,8,10,15H2,1-2H3. The predicted molar refractivity (Wildman–Crippen MR) is 72.5 cm³/mol. The lowest BCUT2D eigenvalue weighted by atomic mass is 10.1. The Balaban J connectivity index is 2.10. The molecule has 17 heavy (non-hydrogen) atoms. The average molecular weight is 234 g/mol. The first kappa shape index (κ1) is 12.2. The van der Waals surface area contributed by atoms with Gasteiger partial charge >= 0.3 is 0 Å². The summed E-state index contributed by atoms with van der Waals surface area (Å²) in [5, 5.41) is 0. The quantitative estimate of drug-likeness (QED) is 0.817. The van der Waals surface area contributed by atoms with Crippen molar-refractivity contribution in [2.45, 2.75) is 32.8 Å². The summed E-state index contributed by atoms with van der Waals surface area (Å²) < 4.78 is 5.72. The van der Waals surface area contributed by atoms with Gasteiger partial charge in [-0.2, -0.15) is 0 Å². The maximum Gasteiger partial charge on any atom is 0.0750 e. The minimum atomic E-state index is 0.356. The van der Waals surface area contributed by atoms with E-state index in [0.717, 1.165) is 37.5 Å². The molecular formula is C14H22N2O. The number of anilines is 2. The monoisotopic (exact) mass is 234 g/mol. The van der Waals surface area contributed by atoms with Gasteiger partial charge in [0.05, 0.1) is 17.5 Å². The summed E-state index contributed by atoms with van der Waals surface area (Å²) in [6, 6.07) is 6.29. The van der Waals surface area contributed by atoms with Crippen molar-refractivity contribution in [3.8, 4) is 0 Å². The SMILES string of the molecule is CCOC1CCCN(c2ccc(C)cc2N)C1. The summed E-state index contributed by atoms with van der Waals surface area (Å²) in [6.07, 6.45) is 2.70. The Kier molecular flexibility index (Phi) is 3.89. The van der Waals surface area contributed by atoms with Gasteiger partial charge in [0.2, 0.25) is 0 Å². The number of nitrogens with two attached hydrogens (primary N) is 1. The first-order valence-electron chi connectivity index (χ1n) is 6.43. The van der Waals surface area contributed by atoms with Gasteiger partial charge in [-0.05, 0) is 44.4 Å². The number of rotatable bonds is 3. The van der Waals surface area contributed by atoms with Gasteiger partial charge in [0.25, 0.3) is 0 Å². The maximum absolute atomic E-state index is 6.09. The second-order valence-corrected chi connectivity index (χ2v) is 4.73. The van der Waals surface area contributed by atoms with Crippen LogP contribution < -0.4 is 10.6 Å². The Bertz CT molecular complexity index is 376. The lowest BCUT2D eigenvalue weighted by Gasteiger charge is -2.34. The number of benzene rings is 1. The normalized spacial score (nSPS) is 20.6. The zero-order valence-electron chi connectivity index (χ0n) is 10.8. The maximum atomic E-state index is 6.09. The van der Waals surface area contributed by atoms with Crippen LogP contribution >= 0.6 is 0 Å². The minimum Gasteiger partial charge on any atom is -0.397 e. The van der Waals surface area contributed by atoms with Crippen LogP contribution in [-0.2, 0) is 4.74 Å². The molecule has 0 saturated carbocycles. The van der Waals surface area contributed by atoms with Crippen LogP contribution in [0, 0.1) is 6.92 Å². The van der Waals surface area contributed by atoms with Gasteiger partial charge in [-0.1, -0.05) is 6.07 Å². The molecule has 2 rings (SSSR count). The third kappa shape index (κ3) is 2.91. The highest BCUT2D eigenvalue weighted by Crippen LogP contribution is 2.27. The number of nitrogen functional groups attached to an aromatic ring is 1. The second-order valence-electron chi connectivity index (χ2n) is 4.73. The fraction of sp³-hybridized carbons (Fsp3) is 0.571. The van der Waals surface area contributed by atoms with Crippen molar-refractivity contribution in [3.63, 3.8) is 0 Å². The number of piperidine rings is 1. The Morgan fingerprint density at radius 1 is 1.47 bits per heavy atom. The van der Waals surface area contributed by atoms with E-state index in [1.807, 2.05) is 6.07 Å². The topological polar surface area (TPSA) is 38.5 Å². The molecule has 94 valence electrons. The van der Waals surface area contributed by atoms with E-state index in [2.05, 4.69) is 30.9 Å². The first-order valence-corrected chi connectivity index (χ1v) is 6.43. The fourth-order valence-electron chi connectivity index (χ4n) is 2.49. The largest absolute Gasteiger partial charge is 0.397 e. The van der Waals surface area contributed by atoms with Gasteiger partial charge in [0.15, 0.2) is 0 Å². The van der Waals surface area contributed by atoms with Gasteiger partial charge in [0, 0.05) is 19.7 Å². The summed E-state index contributed by atoms with van der Waals surface area (Å²) in [5.41, 5.74) is 9.33. The molecule has 0 bridgehead atoms. The molecule has 1 aromatic carbocycles. The lowest BCUT2D eigenvalue weighted by molar-refractivity contribution is 0.0527. The molecule has 2 N–H and O–H groups in total. The van der Waals surface area contributed by atoms with Crippen molar-refractivity contribution < 1.29 is 4.74 Å². The van der Waals surface area contributed by atoms with Crippen molar-refractivity contribution in [1.29, 1.82) is 0 Å². The van der Waals surface area contributed by atoms with Gasteiger partial charge in [-0.25, -0.2) is 0 Å². The van der Waals surface area contributed by atoms with Crippen molar-refractivity contribution in [2.24, 2.45) is 0 Å². The van der Waals surface area contributed by atoms with Crippen LogP contribution in [-0.4, -0.2) is 25.8 Å². The van der Waals surface area contributed by atoms with Crippen molar-refractivity contribution >= 4 is 11.4 Å². The molecule has 3 nitrogen and oxygen atoms in total. The Hall–Kier alpha value is -1.22. The molecule has 1 aliphatic heterocycles. The van der Waals surface area contributed by atoms with Crippen molar-refractivity contribution in [3.05, 3.63) is 23.8 Å². The van der Waals surface area contributed by atoms with E-state index in [1.54, 1.807) is 0 Å². The number of hydrogen-bond acceptors (Lipinski definition) is 3. The molecule has 0 amide bonds. The number of nitrogens with zero attached hydrogens (tertiary/aromatic N) is 1. The summed E-state index contributed by atoms with van der Waals surface area (Å²) in [5.74, 6) is 0. The minimum absolute atomic E-state index is 0.356. The Labute approximate surface area is 104 Å². The average Bonchev–Trinajstić information content (AvgIpc) is 2.29. The molecule has 0 aliphatic carbocycles. The van der Waals surface area contributed by atoms with E-state index in [0.29, 0.717) is 6.10 Å². The van der Waals surface area contributed by atoms with E-state index >= 15 is 0 Å².